The number of benzene rings is 1. The minimum absolute atomic E-state index is 0.0424. The molecule has 2 saturated carbocycles. The van der Waals surface area contributed by atoms with Crippen LogP contribution < -0.4 is 20.1 Å². The maximum Gasteiger partial charge on any atom is 0.408 e. The molecule has 4 aliphatic rings. The number of alkyl carbamates (subject to hydrolysis) is 1. The van der Waals surface area contributed by atoms with Gasteiger partial charge in [0.1, 0.15) is 44.7 Å². The summed E-state index contributed by atoms with van der Waals surface area (Å²) in [6.07, 6.45) is 7.85. The molecule has 1 saturated heterocycles. The molecule has 18 heteroatoms. The highest BCUT2D eigenvalue weighted by molar-refractivity contribution is 7.91. The maximum atomic E-state index is 14.7. The highest BCUT2D eigenvalue weighted by Crippen LogP contribution is 2.46. The summed E-state index contributed by atoms with van der Waals surface area (Å²) in [6, 6.07) is 7.24. The molecule has 59 heavy (non-hydrogen) atoms. The summed E-state index contributed by atoms with van der Waals surface area (Å²) >= 11 is 1.30. The average Bonchev–Trinajstić information content (AvgIpc) is 4.07. The number of thiophene rings is 1. The van der Waals surface area contributed by atoms with E-state index in [-0.39, 0.29) is 37.5 Å². The second kappa shape index (κ2) is 15.7. The Bertz CT molecular complexity index is 2470. The van der Waals surface area contributed by atoms with E-state index in [1.54, 1.807) is 45.2 Å². The van der Waals surface area contributed by atoms with Crippen LogP contribution in [0.25, 0.3) is 31.8 Å². The molecule has 8 rings (SSSR count). The van der Waals surface area contributed by atoms with E-state index in [9.17, 15) is 32.0 Å². The molecule has 4 amide bonds. The van der Waals surface area contributed by atoms with E-state index < -0.39 is 80.2 Å². The molecule has 0 bridgehead atoms. The molecule has 15 nitrogen and oxygen atoms in total. The van der Waals surface area contributed by atoms with Crippen LogP contribution in [0.5, 0.6) is 5.88 Å². The van der Waals surface area contributed by atoms with Gasteiger partial charge < -0.3 is 25.0 Å². The van der Waals surface area contributed by atoms with Gasteiger partial charge >= 0.3 is 6.09 Å². The number of rotatable bonds is 7. The van der Waals surface area contributed by atoms with Crippen molar-refractivity contribution >= 4 is 65.6 Å². The van der Waals surface area contributed by atoms with Crippen molar-refractivity contribution in [2.24, 2.45) is 5.92 Å². The summed E-state index contributed by atoms with van der Waals surface area (Å²) in [4.78, 5) is 72.2. The van der Waals surface area contributed by atoms with Crippen molar-refractivity contribution in [2.75, 3.05) is 6.54 Å². The predicted octanol–water partition coefficient (Wildman–Crippen LogP) is 5.29. The molecule has 3 N–H and O–H groups in total. The molecule has 2 aliphatic heterocycles. The maximum absolute atomic E-state index is 14.7. The molecular formula is C41H46FN7O8S2. The molecule has 0 unspecified atom stereocenters. The van der Waals surface area contributed by atoms with Gasteiger partial charge in [0.2, 0.25) is 27.7 Å². The van der Waals surface area contributed by atoms with Gasteiger partial charge in [-0.3, -0.25) is 19.1 Å². The third kappa shape index (κ3) is 8.74. The van der Waals surface area contributed by atoms with Crippen LogP contribution in [0.4, 0.5) is 9.18 Å². The van der Waals surface area contributed by atoms with Crippen molar-refractivity contribution in [3.8, 4) is 17.3 Å². The fraction of sp³-hybridized carbons (Fsp3) is 0.488. The van der Waals surface area contributed by atoms with Gasteiger partial charge in [0, 0.05) is 29.5 Å². The van der Waals surface area contributed by atoms with Crippen LogP contribution >= 0.6 is 11.3 Å². The highest BCUT2D eigenvalue weighted by atomic mass is 32.2. The number of allylic oxidation sites excluding steroid dienone is 1. The Morgan fingerprint density at radius 1 is 1.07 bits per heavy atom. The topological polar surface area (TPSA) is 199 Å². The molecule has 3 aromatic heterocycles. The standard InChI is InChI=1S/C41H46FN7O8S2/c1-40(2,3)57-39(53)44-29-15-8-6-4-5-7-12-24-21-41(24,38(52)48-59(54,55)27-16-17-27)47-34(50)30-20-26(22-49(30)37(29)51)56-35-32-31(28-14-10-18-43-36(28)58-32)45-33(46-35)23-11-9-13-25(42)19-23/h7,9-14,18-19,24,26-27,29-30H,4-6,8,15-17,20-22H2,1-3H3,(H,44,53)(H,47,50)(H,48,52)/b12-7-/t24-,26+,29-,30+,41-/m1/s1. The van der Waals surface area contributed by atoms with Crippen LogP contribution in [-0.2, 0) is 29.1 Å². The average molecular weight is 848 g/mol. The first-order chi connectivity index (χ1) is 28.1. The lowest BCUT2D eigenvalue weighted by molar-refractivity contribution is -0.141. The number of ether oxygens (including phenoxy) is 2. The summed E-state index contributed by atoms with van der Waals surface area (Å²) in [5.41, 5.74) is -1.45. The number of pyridine rings is 1. The number of carbonyl (C=O) groups is 4. The van der Waals surface area contributed by atoms with Crippen molar-refractivity contribution in [1.29, 1.82) is 0 Å². The molecule has 5 heterocycles. The van der Waals surface area contributed by atoms with Crippen molar-refractivity contribution in [2.45, 2.75) is 113 Å². The summed E-state index contributed by atoms with van der Waals surface area (Å²) in [5.74, 6) is -2.65. The lowest BCUT2D eigenvalue weighted by Crippen LogP contribution is -2.58. The van der Waals surface area contributed by atoms with Crippen molar-refractivity contribution < 1.29 is 41.5 Å². The van der Waals surface area contributed by atoms with Crippen LogP contribution in [0.1, 0.15) is 78.6 Å². The monoisotopic (exact) mass is 847 g/mol. The number of nitrogens with one attached hydrogen (secondary N) is 3. The first kappa shape index (κ1) is 40.5. The fourth-order valence-electron chi connectivity index (χ4n) is 7.75. The zero-order valence-corrected chi connectivity index (χ0v) is 34.5. The van der Waals surface area contributed by atoms with E-state index in [2.05, 4.69) is 20.3 Å². The Hall–Kier alpha value is -5.23. The van der Waals surface area contributed by atoms with E-state index in [0.29, 0.717) is 46.3 Å². The van der Waals surface area contributed by atoms with Gasteiger partial charge in [-0.1, -0.05) is 37.1 Å². The molecule has 5 atom stereocenters. The molecule has 0 spiro atoms. The van der Waals surface area contributed by atoms with Crippen molar-refractivity contribution in [3.05, 3.63) is 60.6 Å². The molecule has 3 fully saturated rings. The van der Waals surface area contributed by atoms with Gasteiger partial charge in [-0.15, -0.1) is 11.3 Å². The van der Waals surface area contributed by atoms with Crippen LogP contribution in [0.15, 0.2) is 54.7 Å². The largest absolute Gasteiger partial charge is 0.471 e. The highest BCUT2D eigenvalue weighted by Gasteiger charge is 2.62. The van der Waals surface area contributed by atoms with Gasteiger partial charge in [0.15, 0.2) is 5.82 Å². The van der Waals surface area contributed by atoms with E-state index in [0.717, 1.165) is 18.2 Å². The van der Waals surface area contributed by atoms with Crippen LogP contribution in [0.3, 0.4) is 0 Å². The predicted molar refractivity (Wildman–Crippen MR) is 217 cm³/mol. The Kier molecular flexibility index (Phi) is 10.8. The third-order valence-electron chi connectivity index (χ3n) is 11.0. The van der Waals surface area contributed by atoms with Crippen molar-refractivity contribution in [3.63, 3.8) is 0 Å². The Labute approximate surface area is 344 Å². The number of hydrogen-bond acceptors (Lipinski definition) is 12. The number of amides is 4. The smallest absolute Gasteiger partial charge is 0.408 e. The first-order valence-electron chi connectivity index (χ1n) is 19.9. The Morgan fingerprint density at radius 2 is 1.88 bits per heavy atom. The zero-order valence-electron chi connectivity index (χ0n) is 32.9. The lowest BCUT2D eigenvalue weighted by atomic mass is 10.0. The summed E-state index contributed by atoms with van der Waals surface area (Å²) < 4.78 is 55.2. The summed E-state index contributed by atoms with van der Waals surface area (Å²) in [5, 5.41) is 5.69. The second-order valence-corrected chi connectivity index (χ2v) is 19.7. The molecule has 4 aromatic rings. The second-order valence-electron chi connectivity index (χ2n) is 16.7. The first-order valence-corrected chi connectivity index (χ1v) is 22.3. The molecule has 2 aliphatic carbocycles. The number of carbonyl (C=O) groups excluding carboxylic acids is 4. The van der Waals surface area contributed by atoms with Gasteiger partial charge in [-0.2, -0.15) is 4.98 Å². The van der Waals surface area contributed by atoms with Crippen LogP contribution in [0.2, 0.25) is 0 Å². The van der Waals surface area contributed by atoms with E-state index in [1.807, 2.05) is 18.2 Å². The number of hydrogen-bond donors (Lipinski definition) is 3. The normalized spacial score (nSPS) is 25.9. The number of fused-ring (bicyclic) bond motifs is 5. The number of sulfonamides is 1. The van der Waals surface area contributed by atoms with E-state index in [4.69, 9.17) is 19.4 Å². The van der Waals surface area contributed by atoms with E-state index >= 15 is 0 Å². The van der Waals surface area contributed by atoms with Crippen LogP contribution in [0, 0.1) is 11.7 Å². The third-order valence-corrected chi connectivity index (χ3v) is 13.9. The number of nitrogens with zero attached hydrogens (tertiary/aromatic N) is 4. The fourth-order valence-corrected chi connectivity index (χ4v) is 10.1. The summed E-state index contributed by atoms with van der Waals surface area (Å²) in [7, 11) is -3.93. The lowest BCUT2D eigenvalue weighted by Gasteiger charge is -2.30. The molecular weight excluding hydrogens is 802 g/mol. The quantitative estimate of drug-likeness (QED) is 0.204. The van der Waals surface area contributed by atoms with Crippen molar-refractivity contribution in [1.82, 2.24) is 35.2 Å². The SMILES string of the molecule is CC(C)(C)OC(=O)N[C@@H]1CCCCC/C=C\[C@@H]2C[C@@]2(C(=O)NS(=O)(=O)C2CC2)NC(=O)[C@@H]2C[C@H](Oc3nc(-c4cccc(F)c4)nc4c3sc3ncccc34)CN2C1=O. The molecule has 312 valence electrons. The Balaban J connectivity index is 1.15. The minimum Gasteiger partial charge on any atom is -0.471 e. The molecule has 0 radical (unpaired) electrons. The molecule has 1 aromatic carbocycles. The van der Waals surface area contributed by atoms with Gasteiger partial charge in [-0.05, 0) is 83.6 Å². The summed E-state index contributed by atoms with van der Waals surface area (Å²) in [6.45, 7) is 5.03. The van der Waals surface area contributed by atoms with Crippen LogP contribution in [-0.4, -0.2) is 93.2 Å². The number of aromatic nitrogens is 3. The minimum atomic E-state index is -3.93. The zero-order chi connectivity index (χ0) is 41.7. The Morgan fingerprint density at radius 3 is 2.64 bits per heavy atom. The van der Waals surface area contributed by atoms with Gasteiger partial charge in [0.25, 0.3) is 5.91 Å². The van der Waals surface area contributed by atoms with E-state index in [1.165, 1.54) is 28.4 Å². The van der Waals surface area contributed by atoms with Gasteiger partial charge in [0.05, 0.1) is 17.3 Å². The van der Waals surface area contributed by atoms with Gasteiger partial charge in [-0.25, -0.2) is 27.6 Å². The number of halogens is 1.